The molecule has 0 radical (unpaired) electrons. The number of amides is 4. The Kier molecular flexibility index (Phi) is 9.92. The van der Waals surface area contributed by atoms with Crippen molar-refractivity contribution in [2.45, 2.75) is 87.3 Å². The first-order chi connectivity index (χ1) is 24.2. The molecule has 2 aliphatic carbocycles. The molecule has 1 aromatic heterocycles. The molecule has 2 saturated carbocycles. The molecular formula is C35H44FN5O9S. The van der Waals surface area contributed by atoms with E-state index in [2.05, 4.69) is 20.3 Å². The summed E-state index contributed by atoms with van der Waals surface area (Å²) in [7, 11) is -2.92. The van der Waals surface area contributed by atoms with Crippen LogP contribution in [0.1, 0.15) is 58.8 Å². The number of fused-ring (bicyclic) bond motifs is 3. The molecule has 3 fully saturated rings. The first kappa shape index (κ1) is 36.3. The van der Waals surface area contributed by atoms with Gasteiger partial charge in [-0.1, -0.05) is 44.2 Å². The molecule has 16 heteroatoms. The largest absolute Gasteiger partial charge is 0.481 e. The van der Waals surface area contributed by atoms with Crippen LogP contribution in [0.15, 0.2) is 42.5 Å². The Labute approximate surface area is 295 Å². The quantitative estimate of drug-likeness (QED) is 0.294. The number of ether oxygens (including phenoxy) is 2. The second-order valence-corrected chi connectivity index (χ2v) is 16.5. The number of aromatic nitrogens is 1. The van der Waals surface area contributed by atoms with Crippen LogP contribution in [0.25, 0.3) is 10.8 Å². The zero-order chi connectivity index (χ0) is 36.7. The first-order valence-corrected chi connectivity index (χ1v) is 18.7. The Morgan fingerprint density at radius 1 is 1.18 bits per heavy atom. The van der Waals surface area contributed by atoms with Crippen molar-refractivity contribution >= 4 is 44.6 Å². The number of carbonyl (C=O) groups excluding carboxylic acids is 3. The first-order valence-electron chi connectivity index (χ1n) is 17.2. The molecule has 4 amide bonds. The third-order valence-electron chi connectivity index (χ3n) is 10.7. The number of alkyl halides is 1. The maximum absolute atomic E-state index is 14.3. The van der Waals surface area contributed by atoms with E-state index in [9.17, 15) is 37.1 Å². The number of carboxylic acid groups (broad SMARTS) is 1. The fourth-order valence-corrected chi connectivity index (χ4v) is 8.81. The van der Waals surface area contributed by atoms with Crippen molar-refractivity contribution in [3.05, 3.63) is 42.5 Å². The lowest BCUT2D eigenvalue weighted by Gasteiger charge is -2.32. The van der Waals surface area contributed by atoms with Gasteiger partial charge < -0.3 is 30.1 Å². The van der Waals surface area contributed by atoms with Crippen LogP contribution in [-0.4, -0.2) is 96.0 Å². The number of nitrogens with one attached hydrogen (secondary N) is 3. The number of methoxy groups -OCH3 is 1. The van der Waals surface area contributed by atoms with Gasteiger partial charge >= 0.3 is 6.09 Å². The van der Waals surface area contributed by atoms with E-state index in [1.165, 1.54) is 12.0 Å². The summed E-state index contributed by atoms with van der Waals surface area (Å²) in [5, 5.41) is 16.3. The van der Waals surface area contributed by atoms with Crippen LogP contribution in [0.4, 0.5) is 9.18 Å². The lowest BCUT2D eigenvalue weighted by molar-refractivity contribution is -0.142. The molecule has 0 bridgehead atoms. The average Bonchev–Trinajstić information content (AvgIpc) is 3.99. The van der Waals surface area contributed by atoms with Gasteiger partial charge in [-0.05, 0) is 61.8 Å². The second-order valence-electron chi connectivity index (χ2n) is 14.4. The van der Waals surface area contributed by atoms with Crippen molar-refractivity contribution in [2.75, 3.05) is 20.3 Å². The Bertz CT molecular complexity index is 1850. The minimum absolute atomic E-state index is 0.0448. The lowest BCUT2D eigenvalue weighted by atomic mass is 9.88. The van der Waals surface area contributed by atoms with Gasteiger partial charge in [-0.3, -0.25) is 19.1 Å². The Morgan fingerprint density at radius 3 is 2.61 bits per heavy atom. The lowest BCUT2D eigenvalue weighted by Crippen LogP contribution is -2.59. The van der Waals surface area contributed by atoms with E-state index in [-0.39, 0.29) is 49.9 Å². The Balaban J connectivity index is 1.35. The van der Waals surface area contributed by atoms with Crippen molar-refractivity contribution in [3.63, 3.8) is 0 Å². The smallest absolute Gasteiger partial charge is 0.405 e. The maximum atomic E-state index is 14.3. The predicted octanol–water partition coefficient (Wildman–Crippen LogP) is 3.06. The number of pyridine rings is 1. The predicted molar refractivity (Wildman–Crippen MR) is 183 cm³/mol. The molecule has 1 aromatic carbocycles. The summed E-state index contributed by atoms with van der Waals surface area (Å²) in [5.41, 5.74) is -1.66. The van der Waals surface area contributed by atoms with E-state index in [0.717, 1.165) is 5.39 Å². The average molecular weight is 730 g/mol. The van der Waals surface area contributed by atoms with Crippen molar-refractivity contribution < 1.29 is 46.6 Å². The van der Waals surface area contributed by atoms with Gasteiger partial charge in [0.25, 0.3) is 5.91 Å². The van der Waals surface area contributed by atoms with Crippen LogP contribution in [0.2, 0.25) is 0 Å². The van der Waals surface area contributed by atoms with Crippen molar-refractivity contribution in [3.8, 4) is 11.8 Å². The van der Waals surface area contributed by atoms with E-state index in [4.69, 9.17) is 9.47 Å². The second kappa shape index (κ2) is 13.9. The molecule has 2 aromatic rings. The van der Waals surface area contributed by atoms with Gasteiger partial charge in [0, 0.05) is 23.8 Å². The van der Waals surface area contributed by atoms with Crippen LogP contribution < -0.4 is 24.8 Å². The summed E-state index contributed by atoms with van der Waals surface area (Å²) >= 11 is 0. The fraction of sp³-hybridized carbons (Fsp3) is 0.571. The number of halogens is 1. The van der Waals surface area contributed by atoms with Crippen molar-refractivity contribution in [2.24, 2.45) is 17.8 Å². The molecule has 6 rings (SSSR count). The number of allylic oxidation sites excluding steroid dienone is 1. The highest BCUT2D eigenvalue weighted by Crippen LogP contribution is 2.48. The molecule has 4 aliphatic rings. The molecule has 14 nitrogen and oxygen atoms in total. The third kappa shape index (κ3) is 7.19. The molecule has 2 aliphatic heterocycles. The number of nitrogens with zero attached hydrogens (tertiary/aromatic N) is 2. The zero-order valence-electron chi connectivity index (χ0n) is 28.8. The molecule has 0 spiro atoms. The fourth-order valence-electron chi connectivity index (χ4n) is 7.38. The molecule has 1 saturated heterocycles. The van der Waals surface area contributed by atoms with Crippen LogP contribution in [0, 0.1) is 17.8 Å². The molecule has 0 unspecified atom stereocenters. The summed E-state index contributed by atoms with van der Waals surface area (Å²) < 4.78 is 52.0. The molecule has 4 N–H and O–H groups in total. The van der Waals surface area contributed by atoms with E-state index in [0.29, 0.717) is 24.6 Å². The summed E-state index contributed by atoms with van der Waals surface area (Å²) in [4.78, 5) is 60.1. The van der Waals surface area contributed by atoms with Crippen molar-refractivity contribution in [1.82, 2.24) is 25.2 Å². The minimum atomic E-state index is -4.38. The highest BCUT2D eigenvalue weighted by Gasteiger charge is 2.64. The number of carbonyl (C=O) groups is 4. The molecule has 7 atom stereocenters. The maximum Gasteiger partial charge on any atom is 0.405 e. The summed E-state index contributed by atoms with van der Waals surface area (Å²) in [6.45, 7) is 2.54. The number of sulfonamides is 1. The highest BCUT2D eigenvalue weighted by molar-refractivity contribution is 7.91. The van der Waals surface area contributed by atoms with Crippen LogP contribution in [-0.2, 0) is 24.4 Å². The summed E-state index contributed by atoms with van der Waals surface area (Å²) in [6, 6.07) is 6.65. The molecule has 3 heterocycles. The SMILES string of the molecule is COc1cc2ccccc2c(O[C@@H]2C[C@H]3C(=O)N[C@]4(C(=O)NS(=O)(=O)C5(CF)CC5)C[C@H]4/C=C\CC[C@@H](C)C[C@@H](C)[C@H](NC(=O)O)C(=O)N3C2)n1. The summed E-state index contributed by atoms with van der Waals surface area (Å²) in [6.07, 6.45) is 3.49. The van der Waals surface area contributed by atoms with Crippen LogP contribution >= 0.6 is 0 Å². The van der Waals surface area contributed by atoms with E-state index in [1.807, 2.05) is 37.3 Å². The van der Waals surface area contributed by atoms with E-state index in [1.54, 1.807) is 19.1 Å². The van der Waals surface area contributed by atoms with E-state index < -0.39 is 80.8 Å². The van der Waals surface area contributed by atoms with Crippen LogP contribution in [0.5, 0.6) is 11.8 Å². The molecule has 276 valence electrons. The van der Waals surface area contributed by atoms with Crippen molar-refractivity contribution in [1.29, 1.82) is 0 Å². The van der Waals surface area contributed by atoms with E-state index >= 15 is 0 Å². The minimum Gasteiger partial charge on any atom is -0.481 e. The Morgan fingerprint density at radius 2 is 1.92 bits per heavy atom. The van der Waals surface area contributed by atoms with Gasteiger partial charge in [0.15, 0.2) is 0 Å². The van der Waals surface area contributed by atoms with Gasteiger partial charge in [-0.2, -0.15) is 4.98 Å². The normalized spacial score (nSPS) is 31.2. The van der Waals surface area contributed by atoms with Gasteiger partial charge in [0.2, 0.25) is 33.6 Å². The highest BCUT2D eigenvalue weighted by atomic mass is 32.2. The molecular weight excluding hydrogens is 685 g/mol. The topological polar surface area (TPSA) is 193 Å². The Hall–Kier alpha value is -4.47. The number of hydrogen-bond donors (Lipinski definition) is 4. The monoisotopic (exact) mass is 729 g/mol. The summed E-state index contributed by atoms with van der Waals surface area (Å²) in [5.74, 6) is -2.75. The van der Waals surface area contributed by atoms with Gasteiger partial charge in [-0.25, -0.2) is 17.6 Å². The van der Waals surface area contributed by atoms with Gasteiger partial charge in [0.05, 0.1) is 13.7 Å². The third-order valence-corrected chi connectivity index (χ3v) is 12.8. The van der Waals surface area contributed by atoms with Gasteiger partial charge in [-0.15, -0.1) is 0 Å². The van der Waals surface area contributed by atoms with Gasteiger partial charge in [0.1, 0.15) is 35.1 Å². The molecule has 51 heavy (non-hydrogen) atoms. The van der Waals surface area contributed by atoms with Crippen LogP contribution in [0.3, 0.4) is 0 Å². The number of benzene rings is 1. The number of rotatable bonds is 8. The zero-order valence-corrected chi connectivity index (χ0v) is 29.6. The standard InChI is InChI=1S/C35H44FN5O9S/c1-20-8-4-6-10-23-17-35(23,32(44)40-51(47,48)34(19-36)12-13-34)39-29(42)26-16-24(18-41(26)31(43)28(21(2)14-20)38-33(45)46)50-30-25-11-7-5-9-22(25)15-27(37-30)49-3/h5-7,9-11,15,20-21,23-24,26,28,38H,4,8,12-14,16-19H2,1-3H3,(H,39,42)(H,40,44)(H,45,46)/b10-6-/t20-,21-,23-,24-,26+,28+,35-/m1/s1. The number of hydrogen-bond acceptors (Lipinski definition) is 9.